The number of benzene rings is 1. The van der Waals surface area contributed by atoms with Gasteiger partial charge in [0.1, 0.15) is 5.82 Å². The van der Waals surface area contributed by atoms with Crippen molar-refractivity contribution in [3.63, 3.8) is 0 Å². The molecule has 0 amide bonds. The van der Waals surface area contributed by atoms with E-state index in [0.717, 1.165) is 6.07 Å². The molecule has 0 radical (unpaired) electrons. The third kappa shape index (κ3) is 2.05. The highest BCUT2D eigenvalue weighted by atomic mass is 31.2. The highest BCUT2D eigenvalue weighted by molar-refractivity contribution is 7.54. The molecule has 1 unspecified atom stereocenters. The summed E-state index contributed by atoms with van der Waals surface area (Å²) in [5, 5.41) is 9.61. The second kappa shape index (κ2) is 4.51. The second-order valence-electron chi connectivity index (χ2n) is 3.52. The number of rotatable bonds is 3. The van der Waals surface area contributed by atoms with Crippen LogP contribution in [0.2, 0.25) is 0 Å². The standard InChI is InChI=1S/C9H11BFO5P/c1-14-17(13,15-2)9-7-4-3-6(11)5-8(7)10(12)16-9/h3-5,9,12H,1-2H3. The van der Waals surface area contributed by atoms with Crippen molar-refractivity contribution in [2.24, 2.45) is 0 Å². The van der Waals surface area contributed by atoms with Crippen molar-refractivity contribution in [3.8, 4) is 0 Å². The Kier molecular flexibility index (Phi) is 3.38. The zero-order valence-corrected chi connectivity index (χ0v) is 10.2. The van der Waals surface area contributed by atoms with E-state index in [1.54, 1.807) is 0 Å². The van der Waals surface area contributed by atoms with E-state index in [0.29, 0.717) is 5.56 Å². The van der Waals surface area contributed by atoms with Crippen molar-refractivity contribution in [3.05, 3.63) is 29.6 Å². The fraction of sp³-hybridized carbons (Fsp3) is 0.333. The lowest BCUT2D eigenvalue weighted by atomic mass is 9.79. The smallest absolute Gasteiger partial charge is 0.423 e. The lowest BCUT2D eigenvalue weighted by molar-refractivity contribution is 0.183. The minimum absolute atomic E-state index is 0.240. The molecule has 5 nitrogen and oxygen atoms in total. The summed E-state index contributed by atoms with van der Waals surface area (Å²) in [6.07, 6.45) is 0. The van der Waals surface area contributed by atoms with Crippen molar-refractivity contribution in [2.45, 2.75) is 5.85 Å². The van der Waals surface area contributed by atoms with Crippen LogP contribution in [0.4, 0.5) is 4.39 Å². The first-order valence-corrected chi connectivity index (χ1v) is 6.47. The lowest BCUT2D eigenvalue weighted by Crippen LogP contribution is -2.28. The van der Waals surface area contributed by atoms with E-state index < -0.39 is 26.4 Å². The molecule has 0 saturated heterocycles. The molecule has 1 aliphatic rings. The lowest BCUT2D eigenvalue weighted by Gasteiger charge is -2.21. The molecule has 0 spiro atoms. The average molecular weight is 260 g/mol. The molecule has 17 heavy (non-hydrogen) atoms. The summed E-state index contributed by atoms with van der Waals surface area (Å²) in [6, 6.07) is 3.73. The van der Waals surface area contributed by atoms with Gasteiger partial charge in [0.15, 0.2) is 5.85 Å². The maximum Gasteiger partial charge on any atom is 0.492 e. The SMILES string of the molecule is COP(=O)(OC)C1OB(O)c2cc(F)ccc21. The van der Waals surface area contributed by atoms with Crippen LogP contribution in [0.15, 0.2) is 18.2 Å². The Balaban J connectivity index is 2.47. The normalized spacial score (nSPS) is 19.5. The quantitative estimate of drug-likeness (QED) is 0.649. The maximum absolute atomic E-state index is 13.0. The first-order valence-electron chi connectivity index (χ1n) is 4.86. The van der Waals surface area contributed by atoms with E-state index in [2.05, 4.69) is 0 Å². The predicted molar refractivity (Wildman–Crippen MR) is 59.5 cm³/mol. The Labute approximate surface area is 98.2 Å². The molecule has 1 aromatic carbocycles. The predicted octanol–water partition coefficient (Wildman–Crippen LogP) is 1.03. The van der Waals surface area contributed by atoms with Gasteiger partial charge in [-0.25, -0.2) is 4.39 Å². The topological polar surface area (TPSA) is 65.0 Å². The van der Waals surface area contributed by atoms with E-state index in [-0.39, 0.29) is 5.46 Å². The summed E-state index contributed by atoms with van der Waals surface area (Å²) in [5.74, 6) is -1.54. The van der Waals surface area contributed by atoms with Crippen molar-refractivity contribution < 1.29 is 27.7 Å². The molecule has 92 valence electrons. The summed E-state index contributed by atoms with van der Waals surface area (Å²) in [5.41, 5.74) is 0.648. The van der Waals surface area contributed by atoms with Crippen molar-refractivity contribution in [1.82, 2.24) is 0 Å². The Morgan fingerprint density at radius 1 is 1.47 bits per heavy atom. The largest absolute Gasteiger partial charge is 0.492 e. The number of hydrogen-bond donors (Lipinski definition) is 1. The maximum atomic E-state index is 13.0. The fourth-order valence-electron chi connectivity index (χ4n) is 1.76. The van der Waals surface area contributed by atoms with Crippen molar-refractivity contribution >= 4 is 20.2 Å². The van der Waals surface area contributed by atoms with E-state index >= 15 is 0 Å². The first kappa shape index (κ1) is 12.7. The van der Waals surface area contributed by atoms with Crippen LogP contribution in [0.1, 0.15) is 11.4 Å². The Bertz CT molecular complexity index is 474. The molecule has 2 rings (SSSR count). The Morgan fingerprint density at radius 2 is 2.12 bits per heavy atom. The van der Waals surface area contributed by atoms with Crippen LogP contribution in [-0.4, -0.2) is 26.4 Å². The Hall–Kier alpha value is -0.715. The van der Waals surface area contributed by atoms with Crippen LogP contribution in [0, 0.1) is 5.82 Å². The van der Waals surface area contributed by atoms with Gasteiger partial charge in [-0.1, -0.05) is 6.07 Å². The molecule has 0 fully saturated rings. The molecule has 0 saturated carbocycles. The van der Waals surface area contributed by atoms with Crippen molar-refractivity contribution in [1.29, 1.82) is 0 Å². The van der Waals surface area contributed by atoms with Crippen LogP contribution >= 0.6 is 7.60 Å². The van der Waals surface area contributed by atoms with Crippen LogP contribution in [0.3, 0.4) is 0 Å². The van der Waals surface area contributed by atoms with E-state index in [9.17, 15) is 14.0 Å². The minimum Gasteiger partial charge on any atom is -0.423 e. The third-order valence-electron chi connectivity index (χ3n) is 2.63. The second-order valence-corrected chi connectivity index (χ2v) is 5.80. The van der Waals surface area contributed by atoms with E-state index in [1.807, 2.05) is 0 Å². The molecular formula is C9H11BFO5P. The molecule has 1 aromatic rings. The fourth-order valence-corrected chi connectivity index (χ4v) is 3.14. The zero-order valence-electron chi connectivity index (χ0n) is 9.29. The summed E-state index contributed by atoms with van der Waals surface area (Å²) in [6.45, 7) is 0. The number of fused-ring (bicyclic) bond motifs is 1. The molecule has 0 bridgehead atoms. The van der Waals surface area contributed by atoms with Crippen LogP contribution in [-0.2, 0) is 18.3 Å². The van der Waals surface area contributed by atoms with Crippen LogP contribution < -0.4 is 5.46 Å². The van der Waals surface area contributed by atoms with Crippen molar-refractivity contribution in [2.75, 3.05) is 14.2 Å². The van der Waals surface area contributed by atoms with Gasteiger partial charge < -0.3 is 18.7 Å². The number of halogens is 1. The van der Waals surface area contributed by atoms with Crippen LogP contribution in [0.25, 0.3) is 0 Å². The summed E-state index contributed by atoms with van der Waals surface area (Å²) < 4.78 is 39.9. The highest BCUT2D eigenvalue weighted by Gasteiger charge is 2.46. The molecule has 0 aliphatic carbocycles. The summed E-state index contributed by atoms with van der Waals surface area (Å²) in [7, 11) is -2.40. The molecule has 1 atom stereocenters. The molecule has 1 aliphatic heterocycles. The molecule has 1 N–H and O–H groups in total. The zero-order chi connectivity index (χ0) is 12.6. The van der Waals surface area contributed by atoms with Gasteiger partial charge in [-0.05, 0) is 23.2 Å². The first-order chi connectivity index (χ1) is 8.01. The molecular weight excluding hydrogens is 249 g/mol. The highest BCUT2D eigenvalue weighted by Crippen LogP contribution is 2.61. The summed E-state index contributed by atoms with van der Waals surface area (Å²) in [4.78, 5) is 0. The van der Waals surface area contributed by atoms with Gasteiger partial charge in [0.25, 0.3) is 0 Å². The van der Waals surface area contributed by atoms with Gasteiger partial charge in [0.2, 0.25) is 0 Å². The molecule has 8 heteroatoms. The number of hydrogen-bond acceptors (Lipinski definition) is 5. The van der Waals surface area contributed by atoms with Crippen LogP contribution in [0.5, 0.6) is 0 Å². The molecule has 0 aromatic heterocycles. The van der Waals surface area contributed by atoms with Gasteiger partial charge in [0.05, 0.1) is 0 Å². The van der Waals surface area contributed by atoms with Gasteiger partial charge >= 0.3 is 14.7 Å². The Morgan fingerprint density at radius 3 is 2.71 bits per heavy atom. The van der Waals surface area contributed by atoms with E-state index in [1.165, 1.54) is 26.4 Å². The van der Waals surface area contributed by atoms with Gasteiger partial charge in [-0.15, -0.1) is 0 Å². The van der Waals surface area contributed by atoms with Gasteiger partial charge in [-0.3, -0.25) is 4.57 Å². The molecule has 1 heterocycles. The van der Waals surface area contributed by atoms with Gasteiger partial charge in [0, 0.05) is 14.2 Å². The monoisotopic (exact) mass is 260 g/mol. The minimum atomic E-state index is -3.52. The van der Waals surface area contributed by atoms with Gasteiger partial charge in [-0.2, -0.15) is 0 Å². The average Bonchev–Trinajstić information content (AvgIpc) is 2.66. The third-order valence-corrected chi connectivity index (χ3v) is 4.63. The van der Waals surface area contributed by atoms with E-state index in [4.69, 9.17) is 13.7 Å². The summed E-state index contributed by atoms with van der Waals surface area (Å²) >= 11 is 0.